The van der Waals surface area contributed by atoms with Gasteiger partial charge in [-0.2, -0.15) is 0 Å². The van der Waals surface area contributed by atoms with Gasteiger partial charge in [-0.3, -0.25) is 5.32 Å². The third-order valence-electron chi connectivity index (χ3n) is 2.03. The van der Waals surface area contributed by atoms with Gasteiger partial charge in [-0.25, -0.2) is 4.79 Å². The molecule has 1 aromatic heterocycles. The van der Waals surface area contributed by atoms with Crippen LogP contribution in [0.15, 0.2) is 16.7 Å². The number of hydrogen-bond donors (Lipinski definition) is 2. The molecule has 1 heterocycles. The number of carbonyl (C=O) groups is 1. The van der Waals surface area contributed by atoms with Crippen molar-refractivity contribution in [2.24, 2.45) is 0 Å². The molecule has 0 aliphatic rings. The van der Waals surface area contributed by atoms with Gasteiger partial charge in [0.15, 0.2) is 0 Å². The van der Waals surface area contributed by atoms with Crippen molar-refractivity contribution >= 4 is 5.97 Å². The Bertz CT molecular complexity index is 375. The zero-order valence-corrected chi connectivity index (χ0v) is 8.49. The van der Waals surface area contributed by atoms with Crippen molar-refractivity contribution in [2.45, 2.75) is 25.9 Å². The first-order valence-electron chi connectivity index (χ1n) is 4.67. The predicted molar refractivity (Wildman–Crippen MR) is 55.4 cm³/mol. The first-order chi connectivity index (χ1) is 7.17. The monoisotopic (exact) mass is 207 g/mol. The Hall–Kier alpha value is -1.73. The molecule has 15 heavy (non-hydrogen) atoms. The van der Waals surface area contributed by atoms with E-state index in [9.17, 15) is 4.79 Å². The highest BCUT2D eigenvalue weighted by Crippen LogP contribution is 2.07. The van der Waals surface area contributed by atoms with Crippen molar-refractivity contribution in [1.29, 1.82) is 0 Å². The van der Waals surface area contributed by atoms with Gasteiger partial charge in [-0.1, -0.05) is 12.8 Å². The largest absolute Gasteiger partial charge is 0.478 e. The summed E-state index contributed by atoms with van der Waals surface area (Å²) in [6.45, 7) is 2.42. The van der Waals surface area contributed by atoms with Crippen LogP contribution in [0, 0.1) is 12.3 Å². The highest BCUT2D eigenvalue weighted by molar-refractivity contribution is 5.87. The van der Waals surface area contributed by atoms with Crippen molar-refractivity contribution in [3.8, 4) is 12.3 Å². The number of aromatic carboxylic acids is 1. The average Bonchev–Trinajstić information content (AvgIpc) is 2.68. The zero-order chi connectivity index (χ0) is 11.3. The van der Waals surface area contributed by atoms with Gasteiger partial charge in [0.1, 0.15) is 12.0 Å². The third-order valence-corrected chi connectivity index (χ3v) is 2.03. The van der Waals surface area contributed by atoms with Crippen LogP contribution in [0.2, 0.25) is 0 Å². The van der Waals surface area contributed by atoms with Crippen LogP contribution < -0.4 is 5.32 Å². The summed E-state index contributed by atoms with van der Waals surface area (Å²) in [7, 11) is 0. The minimum Gasteiger partial charge on any atom is -0.478 e. The van der Waals surface area contributed by atoms with Crippen LogP contribution in [-0.4, -0.2) is 17.1 Å². The van der Waals surface area contributed by atoms with Crippen LogP contribution in [0.4, 0.5) is 0 Å². The minimum absolute atomic E-state index is 0.0108. The van der Waals surface area contributed by atoms with Gasteiger partial charge in [-0.15, -0.1) is 6.42 Å². The Labute approximate surface area is 88.3 Å². The second-order valence-corrected chi connectivity index (χ2v) is 3.12. The van der Waals surface area contributed by atoms with E-state index in [0.717, 1.165) is 6.42 Å². The lowest BCUT2D eigenvalue weighted by molar-refractivity contribution is 0.0696. The molecule has 1 atom stereocenters. The van der Waals surface area contributed by atoms with E-state index in [1.807, 2.05) is 6.92 Å². The molecule has 1 rings (SSSR count). The van der Waals surface area contributed by atoms with Gasteiger partial charge in [0.05, 0.1) is 18.2 Å². The maximum absolute atomic E-state index is 10.6. The fourth-order valence-electron chi connectivity index (χ4n) is 1.13. The topological polar surface area (TPSA) is 62.5 Å². The van der Waals surface area contributed by atoms with E-state index in [0.29, 0.717) is 12.3 Å². The van der Waals surface area contributed by atoms with E-state index >= 15 is 0 Å². The van der Waals surface area contributed by atoms with E-state index in [-0.39, 0.29) is 11.6 Å². The van der Waals surface area contributed by atoms with Gasteiger partial charge >= 0.3 is 5.97 Å². The Kier molecular flexibility index (Phi) is 3.95. The highest BCUT2D eigenvalue weighted by Gasteiger charge is 2.08. The number of rotatable bonds is 5. The Morgan fingerprint density at radius 3 is 3.00 bits per heavy atom. The summed E-state index contributed by atoms with van der Waals surface area (Å²) in [4.78, 5) is 10.6. The number of furan rings is 1. The van der Waals surface area contributed by atoms with E-state index in [2.05, 4.69) is 11.2 Å². The normalized spacial score (nSPS) is 12.0. The Balaban J connectivity index is 2.51. The Morgan fingerprint density at radius 1 is 1.80 bits per heavy atom. The number of carboxylic acids is 1. The molecular formula is C11H13NO3. The fourth-order valence-corrected chi connectivity index (χ4v) is 1.13. The molecular weight excluding hydrogens is 194 g/mol. The van der Waals surface area contributed by atoms with Crippen molar-refractivity contribution in [1.82, 2.24) is 5.32 Å². The maximum atomic E-state index is 10.6. The van der Waals surface area contributed by atoms with Crippen LogP contribution in [0.1, 0.15) is 29.5 Å². The summed E-state index contributed by atoms with van der Waals surface area (Å²) in [5, 5.41) is 11.7. The molecule has 0 aromatic carbocycles. The average molecular weight is 207 g/mol. The number of terminal acetylenes is 1. The number of carboxylic acid groups (broad SMARTS) is 1. The fraction of sp³-hybridized carbons (Fsp3) is 0.364. The van der Waals surface area contributed by atoms with Crippen molar-refractivity contribution in [3.63, 3.8) is 0 Å². The molecule has 0 bridgehead atoms. The molecule has 0 aliphatic heterocycles. The minimum atomic E-state index is -0.992. The van der Waals surface area contributed by atoms with Gasteiger partial charge in [0, 0.05) is 0 Å². The standard InChI is InChI=1S/C11H13NO3/c1-3-9(4-2)12-6-10-5-8(7-15-10)11(13)14/h1,5,7,9,12H,4,6H2,2H3,(H,13,14). The van der Waals surface area contributed by atoms with E-state index in [1.165, 1.54) is 12.3 Å². The summed E-state index contributed by atoms with van der Waals surface area (Å²) >= 11 is 0. The summed E-state index contributed by atoms with van der Waals surface area (Å²) in [6, 6.07) is 1.47. The van der Waals surface area contributed by atoms with Gasteiger partial charge in [-0.05, 0) is 12.5 Å². The van der Waals surface area contributed by atoms with Crippen molar-refractivity contribution in [3.05, 3.63) is 23.7 Å². The summed E-state index contributed by atoms with van der Waals surface area (Å²) in [5.74, 6) is 2.16. The van der Waals surface area contributed by atoms with E-state index < -0.39 is 5.97 Å². The third kappa shape index (κ3) is 3.15. The summed E-state index contributed by atoms with van der Waals surface area (Å²) in [5.41, 5.74) is 0.153. The lowest BCUT2D eigenvalue weighted by atomic mass is 10.2. The van der Waals surface area contributed by atoms with Gasteiger partial charge in [0.2, 0.25) is 0 Å². The molecule has 0 spiro atoms. The lowest BCUT2D eigenvalue weighted by Crippen LogP contribution is -2.25. The van der Waals surface area contributed by atoms with Crippen LogP contribution in [-0.2, 0) is 6.54 Å². The summed E-state index contributed by atoms with van der Waals surface area (Å²) < 4.78 is 5.05. The molecule has 0 amide bonds. The predicted octanol–water partition coefficient (Wildman–Crippen LogP) is 1.48. The Morgan fingerprint density at radius 2 is 2.53 bits per heavy atom. The molecule has 4 heteroatoms. The van der Waals surface area contributed by atoms with Crippen LogP contribution in [0.5, 0.6) is 0 Å². The SMILES string of the molecule is C#CC(CC)NCc1cc(C(=O)O)co1. The first-order valence-corrected chi connectivity index (χ1v) is 4.67. The van der Waals surface area contributed by atoms with Crippen LogP contribution in [0.25, 0.3) is 0 Å². The molecule has 0 saturated carbocycles. The summed E-state index contributed by atoms with van der Waals surface area (Å²) in [6.07, 6.45) is 7.30. The lowest BCUT2D eigenvalue weighted by Gasteiger charge is -2.07. The maximum Gasteiger partial charge on any atom is 0.338 e. The number of hydrogen-bond acceptors (Lipinski definition) is 3. The van der Waals surface area contributed by atoms with Crippen molar-refractivity contribution in [2.75, 3.05) is 0 Å². The molecule has 2 N–H and O–H groups in total. The highest BCUT2D eigenvalue weighted by atomic mass is 16.4. The van der Waals surface area contributed by atoms with Crippen molar-refractivity contribution < 1.29 is 14.3 Å². The number of nitrogens with one attached hydrogen (secondary N) is 1. The molecule has 0 fully saturated rings. The smallest absolute Gasteiger partial charge is 0.338 e. The molecule has 0 saturated heterocycles. The first kappa shape index (κ1) is 11.3. The molecule has 0 aliphatic carbocycles. The molecule has 4 nitrogen and oxygen atoms in total. The zero-order valence-electron chi connectivity index (χ0n) is 8.49. The molecule has 0 radical (unpaired) electrons. The van der Waals surface area contributed by atoms with Gasteiger partial charge < -0.3 is 9.52 Å². The second-order valence-electron chi connectivity index (χ2n) is 3.12. The second kappa shape index (κ2) is 5.23. The van der Waals surface area contributed by atoms with E-state index in [4.69, 9.17) is 15.9 Å². The quantitative estimate of drug-likeness (QED) is 0.718. The van der Waals surface area contributed by atoms with Gasteiger partial charge in [0.25, 0.3) is 0 Å². The molecule has 1 aromatic rings. The molecule has 1 unspecified atom stereocenters. The van der Waals surface area contributed by atoms with Crippen LogP contribution in [0.3, 0.4) is 0 Å². The molecule has 80 valence electrons. The van der Waals surface area contributed by atoms with Crippen LogP contribution >= 0.6 is 0 Å². The van der Waals surface area contributed by atoms with E-state index in [1.54, 1.807) is 0 Å².